The lowest BCUT2D eigenvalue weighted by Crippen LogP contribution is -2.25. The van der Waals surface area contributed by atoms with Crippen LogP contribution in [0.1, 0.15) is 26.2 Å². The first-order valence-electron chi connectivity index (χ1n) is 6.60. The van der Waals surface area contributed by atoms with Crippen molar-refractivity contribution in [2.45, 2.75) is 31.1 Å². The van der Waals surface area contributed by atoms with Gasteiger partial charge in [0, 0.05) is 29.9 Å². The van der Waals surface area contributed by atoms with Crippen molar-refractivity contribution < 1.29 is 13.2 Å². The van der Waals surface area contributed by atoms with Crippen LogP contribution < -0.4 is 10.5 Å². The number of nitrogens with two attached hydrogens (primary N) is 1. The van der Waals surface area contributed by atoms with Crippen molar-refractivity contribution in [1.82, 2.24) is 4.72 Å². The lowest BCUT2D eigenvalue weighted by molar-refractivity contribution is 0.130. The highest BCUT2D eigenvalue weighted by molar-refractivity contribution is 9.10. The van der Waals surface area contributed by atoms with Crippen LogP contribution in [-0.2, 0) is 14.8 Å². The minimum Gasteiger partial charge on any atom is -0.398 e. The molecule has 0 aliphatic heterocycles. The molecule has 0 saturated heterocycles. The van der Waals surface area contributed by atoms with Crippen LogP contribution in [0.3, 0.4) is 0 Å². The Morgan fingerprint density at radius 1 is 1.30 bits per heavy atom. The quantitative estimate of drug-likeness (QED) is 0.521. The summed E-state index contributed by atoms with van der Waals surface area (Å²) in [4.78, 5) is 0.171. The fourth-order valence-corrected chi connectivity index (χ4v) is 2.86. The number of rotatable bonds is 9. The van der Waals surface area contributed by atoms with Crippen LogP contribution in [0.5, 0.6) is 0 Å². The second-order valence-corrected chi connectivity index (χ2v) is 7.02. The third-order valence-electron chi connectivity index (χ3n) is 2.68. The average molecular weight is 365 g/mol. The van der Waals surface area contributed by atoms with Crippen molar-refractivity contribution in [2.75, 3.05) is 25.5 Å². The van der Waals surface area contributed by atoms with Gasteiger partial charge in [0.2, 0.25) is 10.0 Å². The first kappa shape index (κ1) is 17.4. The van der Waals surface area contributed by atoms with Gasteiger partial charge in [-0.25, -0.2) is 13.1 Å². The van der Waals surface area contributed by atoms with E-state index in [0.29, 0.717) is 29.7 Å². The van der Waals surface area contributed by atoms with Crippen LogP contribution in [0.25, 0.3) is 0 Å². The first-order chi connectivity index (χ1) is 9.47. The number of nitrogen functional groups attached to an aromatic ring is 1. The summed E-state index contributed by atoms with van der Waals surface area (Å²) in [5.41, 5.74) is 6.08. The number of anilines is 1. The SMILES string of the molecule is CCCCOCCCNS(=O)(=O)c1ccc(Br)c(N)c1. The maximum absolute atomic E-state index is 12.0. The van der Waals surface area contributed by atoms with E-state index in [1.165, 1.54) is 12.1 Å². The van der Waals surface area contributed by atoms with Crippen molar-refractivity contribution in [1.29, 1.82) is 0 Å². The van der Waals surface area contributed by atoms with Gasteiger partial charge in [0.25, 0.3) is 0 Å². The smallest absolute Gasteiger partial charge is 0.240 e. The molecule has 7 heteroatoms. The van der Waals surface area contributed by atoms with Gasteiger partial charge in [-0.15, -0.1) is 0 Å². The molecule has 0 spiro atoms. The number of benzene rings is 1. The van der Waals surface area contributed by atoms with Crippen LogP contribution in [0.4, 0.5) is 5.69 Å². The van der Waals surface area contributed by atoms with Crippen LogP contribution >= 0.6 is 15.9 Å². The summed E-state index contributed by atoms with van der Waals surface area (Å²) in [7, 11) is -3.50. The Hall–Kier alpha value is -0.630. The van der Waals surface area contributed by atoms with E-state index in [1.807, 2.05) is 0 Å². The maximum atomic E-state index is 12.0. The Kier molecular flexibility index (Phi) is 7.50. The molecule has 5 nitrogen and oxygen atoms in total. The first-order valence-corrected chi connectivity index (χ1v) is 8.87. The highest BCUT2D eigenvalue weighted by atomic mass is 79.9. The van der Waals surface area contributed by atoms with Crippen LogP contribution in [-0.4, -0.2) is 28.2 Å². The minimum atomic E-state index is -3.50. The zero-order chi connectivity index (χ0) is 15.0. The summed E-state index contributed by atoms with van der Waals surface area (Å²) >= 11 is 3.23. The molecule has 0 radical (unpaired) electrons. The Morgan fingerprint density at radius 3 is 2.65 bits per heavy atom. The van der Waals surface area contributed by atoms with E-state index in [9.17, 15) is 8.42 Å². The predicted octanol–water partition coefficient (Wildman–Crippen LogP) is 2.52. The zero-order valence-corrected chi connectivity index (χ0v) is 14.0. The summed E-state index contributed by atoms with van der Waals surface area (Å²) in [5.74, 6) is 0. The molecule has 0 fully saturated rings. The van der Waals surface area contributed by atoms with E-state index in [0.717, 1.165) is 19.4 Å². The van der Waals surface area contributed by atoms with Gasteiger partial charge in [-0.3, -0.25) is 0 Å². The minimum absolute atomic E-state index is 0.171. The van der Waals surface area contributed by atoms with Crippen molar-refractivity contribution >= 4 is 31.6 Å². The molecule has 0 aliphatic carbocycles. The third-order valence-corrected chi connectivity index (χ3v) is 4.86. The standard InChI is InChI=1S/C13H21BrN2O3S/c1-2-3-8-19-9-4-7-16-20(17,18)11-5-6-12(14)13(15)10-11/h5-6,10,16H,2-4,7-9,15H2,1H3. The molecule has 1 aromatic carbocycles. The summed E-state index contributed by atoms with van der Waals surface area (Å²) < 4.78 is 32.6. The lowest BCUT2D eigenvalue weighted by atomic mass is 10.3. The molecular weight excluding hydrogens is 344 g/mol. The van der Waals surface area contributed by atoms with Crippen molar-refractivity contribution in [2.24, 2.45) is 0 Å². The zero-order valence-electron chi connectivity index (χ0n) is 11.6. The molecule has 0 saturated carbocycles. The van der Waals surface area contributed by atoms with Crippen LogP contribution in [0.15, 0.2) is 27.6 Å². The summed E-state index contributed by atoms with van der Waals surface area (Å²) in [6, 6.07) is 4.57. The molecule has 0 heterocycles. The Morgan fingerprint density at radius 2 is 2.00 bits per heavy atom. The number of sulfonamides is 1. The van der Waals surface area contributed by atoms with Gasteiger partial charge in [0.1, 0.15) is 0 Å². The van der Waals surface area contributed by atoms with Crippen molar-refractivity contribution in [3.05, 3.63) is 22.7 Å². The molecule has 0 amide bonds. The Labute approximate surface area is 129 Å². The van der Waals surface area contributed by atoms with Gasteiger partial charge in [0.15, 0.2) is 0 Å². The molecular formula is C13H21BrN2O3S. The third kappa shape index (κ3) is 5.78. The van der Waals surface area contributed by atoms with E-state index >= 15 is 0 Å². The molecule has 114 valence electrons. The summed E-state index contributed by atoms with van der Waals surface area (Å²) in [5, 5.41) is 0. The molecule has 1 aromatic rings. The number of unbranched alkanes of at least 4 members (excludes halogenated alkanes) is 1. The molecule has 0 unspecified atom stereocenters. The highest BCUT2D eigenvalue weighted by Crippen LogP contribution is 2.22. The Balaban J connectivity index is 2.40. The maximum Gasteiger partial charge on any atom is 0.240 e. The van der Waals surface area contributed by atoms with E-state index in [2.05, 4.69) is 27.6 Å². The van der Waals surface area contributed by atoms with E-state index in [-0.39, 0.29) is 4.90 Å². The molecule has 20 heavy (non-hydrogen) atoms. The van der Waals surface area contributed by atoms with E-state index in [1.54, 1.807) is 6.07 Å². The molecule has 0 aromatic heterocycles. The van der Waals surface area contributed by atoms with Crippen LogP contribution in [0.2, 0.25) is 0 Å². The number of hydrogen-bond acceptors (Lipinski definition) is 4. The molecule has 0 bridgehead atoms. The Bertz CT molecular complexity index is 520. The van der Waals surface area contributed by atoms with Gasteiger partial charge >= 0.3 is 0 Å². The number of nitrogens with one attached hydrogen (secondary N) is 1. The van der Waals surface area contributed by atoms with Gasteiger partial charge in [-0.1, -0.05) is 13.3 Å². The fraction of sp³-hybridized carbons (Fsp3) is 0.538. The molecule has 0 atom stereocenters. The molecule has 1 rings (SSSR count). The van der Waals surface area contributed by atoms with Crippen molar-refractivity contribution in [3.8, 4) is 0 Å². The fourth-order valence-electron chi connectivity index (χ4n) is 1.50. The topological polar surface area (TPSA) is 81.4 Å². The van der Waals surface area contributed by atoms with E-state index < -0.39 is 10.0 Å². The van der Waals surface area contributed by atoms with Gasteiger partial charge in [-0.2, -0.15) is 0 Å². The highest BCUT2D eigenvalue weighted by Gasteiger charge is 2.14. The molecule has 0 aliphatic rings. The summed E-state index contributed by atoms with van der Waals surface area (Å²) in [6.07, 6.45) is 2.77. The number of halogens is 1. The van der Waals surface area contributed by atoms with Crippen molar-refractivity contribution in [3.63, 3.8) is 0 Å². The predicted molar refractivity (Wildman–Crippen MR) is 84.1 cm³/mol. The number of hydrogen-bond donors (Lipinski definition) is 2. The van der Waals surface area contributed by atoms with Gasteiger partial charge < -0.3 is 10.5 Å². The van der Waals surface area contributed by atoms with Gasteiger partial charge in [0.05, 0.1) is 4.90 Å². The molecule has 3 N–H and O–H groups in total. The second-order valence-electron chi connectivity index (χ2n) is 4.40. The van der Waals surface area contributed by atoms with E-state index in [4.69, 9.17) is 10.5 Å². The second kappa shape index (κ2) is 8.61. The summed E-state index contributed by atoms with van der Waals surface area (Å²) in [6.45, 7) is 3.74. The normalized spacial score (nSPS) is 11.7. The largest absolute Gasteiger partial charge is 0.398 e. The number of ether oxygens (including phenoxy) is 1. The van der Waals surface area contributed by atoms with Gasteiger partial charge in [-0.05, 0) is 47.0 Å². The average Bonchev–Trinajstić information content (AvgIpc) is 2.40. The van der Waals surface area contributed by atoms with Crippen LogP contribution in [0, 0.1) is 0 Å². The monoisotopic (exact) mass is 364 g/mol. The lowest BCUT2D eigenvalue weighted by Gasteiger charge is -2.08.